The molecule has 2 heterocycles. The molecule has 7 nitrogen and oxygen atoms in total. The largest absolute Gasteiger partial charge is 0.343 e. The smallest absolute Gasteiger partial charge is 0.326 e. The number of hydrogen-bond donors (Lipinski definition) is 2. The number of rotatable bonds is 4. The zero-order valence-electron chi connectivity index (χ0n) is 16.0. The number of piperidine rings is 1. The second-order valence-electron chi connectivity index (χ2n) is 7.24. The lowest BCUT2D eigenvalue weighted by Crippen LogP contribution is -2.45. The minimum atomic E-state index is -1.12. The van der Waals surface area contributed by atoms with Gasteiger partial charge in [-0.15, -0.1) is 0 Å². The first-order valence-electron chi connectivity index (χ1n) is 9.64. The number of aromatic amines is 1. The molecule has 0 bridgehead atoms. The van der Waals surface area contributed by atoms with E-state index in [-0.39, 0.29) is 29.7 Å². The first kappa shape index (κ1) is 19.8. The van der Waals surface area contributed by atoms with Gasteiger partial charge in [-0.05, 0) is 43.2 Å². The highest BCUT2D eigenvalue weighted by Crippen LogP contribution is 2.24. The van der Waals surface area contributed by atoms with Crippen LogP contribution < -0.4 is 11.0 Å². The van der Waals surface area contributed by atoms with Crippen molar-refractivity contribution < 1.29 is 18.4 Å². The van der Waals surface area contributed by atoms with E-state index in [1.54, 1.807) is 9.47 Å². The Balaban J connectivity index is 1.34. The number of hydrogen-bond acceptors (Lipinski definition) is 3. The van der Waals surface area contributed by atoms with Crippen LogP contribution >= 0.6 is 0 Å². The summed E-state index contributed by atoms with van der Waals surface area (Å²) in [6.07, 6.45) is 1.23. The number of nitrogens with one attached hydrogen (secondary N) is 2. The molecule has 2 aromatic carbocycles. The highest BCUT2D eigenvalue weighted by atomic mass is 19.2. The average Bonchev–Trinajstić information content (AvgIpc) is 3.09. The molecular formula is C21H20F2N4O3. The predicted octanol–water partition coefficient (Wildman–Crippen LogP) is 2.20. The molecule has 0 atom stereocenters. The van der Waals surface area contributed by atoms with Gasteiger partial charge in [-0.3, -0.25) is 14.2 Å². The molecule has 3 aromatic rings. The van der Waals surface area contributed by atoms with Crippen molar-refractivity contribution in [2.45, 2.75) is 18.9 Å². The summed E-state index contributed by atoms with van der Waals surface area (Å²) in [6.45, 7) is 0.669. The minimum absolute atomic E-state index is 0.0190. The predicted molar refractivity (Wildman–Crippen MR) is 106 cm³/mol. The maximum Gasteiger partial charge on any atom is 0.326 e. The van der Waals surface area contributed by atoms with Gasteiger partial charge in [-0.25, -0.2) is 13.6 Å². The van der Waals surface area contributed by atoms with Crippen molar-refractivity contribution in [2.24, 2.45) is 0 Å². The molecule has 2 amide bonds. The van der Waals surface area contributed by atoms with Gasteiger partial charge in [-0.1, -0.05) is 12.1 Å². The molecule has 0 radical (unpaired) electrons. The second-order valence-corrected chi connectivity index (χ2v) is 7.24. The molecule has 0 saturated carbocycles. The summed E-state index contributed by atoms with van der Waals surface area (Å²) in [5.41, 5.74) is 1.39. The molecule has 9 heteroatoms. The molecular weight excluding hydrogens is 394 g/mol. The Bertz CT molecular complexity index is 1160. The Morgan fingerprint density at radius 1 is 1.07 bits per heavy atom. The molecule has 2 N–H and O–H groups in total. The van der Waals surface area contributed by atoms with Gasteiger partial charge in [0.1, 0.15) is 0 Å². The van der Waals surface area contributed by atoms with E-state index in [9.17, 15) is 23.2 Å². The number of amides is 2. The Labute approximate surface area is 170 Å². The van der Waals surface area contributed by atoms with Gasteiger partial charge < -0.3 is 15.2 Å². The van der Waals surface area contributed by atoms with Crippen molar-refractivity contribution in [1.82, 2.24) is 19.8 Å². The molecule has 0 unspecified atom stereocenters. The summed E-state index contributed by atoms with van der Waals surface area (Å²) in [7, 11) is 0. The van der Waals surface area contributed by atoms with E-state index in [0.29, 0.717) is 25.9 Å². The van der Waals surface area contributed by atoms with Gasteiger partial charge in [0.15, 0.2) is 11.6 Å². The lowest BCUT2D eigenvalue weighted by atomic mass is 10.0. The van der Waals surface area contributed by atoms with Crippen molar-refractivity contribution in [3.63, 3.8) is 0 Å². The summed E-state index contributed by atoms with van der Waals surface area (Å²) in [6, 6.07) is 10.3. The van der Waals surface area contributed by atoms with Crippen molar-refractivity contribution in [1.29, 1.82) is 0 Å². The van der Waals surface area contributed by atoms with Gasteiger partial charge in [0.05, 0.1) is 17.6 Å². The van der Waals surface area contributed by atoms with Crippen LogP contribution in [0.5, 0.6) is 0 Å². The highest BCUT2D eigenvalue weighted by molar-refractivity contribution is 5.96. The third-order valence-electron chi connectivity index (χ3n) is 5.39. The fourth-order valence-corrected chi connectivity index (χ4v) is 3.82. The van der Waals surface area contributed by atoms with Crippen LogP contribution in [-0.4, -0.2) is 45.9 Å². The topological polar surface area (TPSA) is 87.2 Å². The van der Waals surface area contributed by atoms with Gasteiger partial charge >= 0.3 is 5.69 Å². The zero-order chi connectivity index (χ0) is 21.3. The van der Waals surface area contributed by atoms with E-state index in [2.05, 4.69) is 10.3 Å². The molecule has 1 aliphatic heterocycles. The number of H-pyrrole nitrogens is 1. The number of likely N-dealkylation sites (tertiary alicyclic amines) is 1. The van der Waals surface area contributed by atoms with Crippen LogP contribution in [0, 0.1) is 11.6 Å². The van der Waals surface area contributed by atoms with Gasteiger partial charge in [0.25, 0.3) is 5.91 Å². The van der Waals surface area contributed by atoms with Crippen molar-refractivity contribution >= 4 is 22.8 Å². The van der Waals surface area contributed by atoms with Crippen LogP contribution in [0.4, 0.5) is 8.78 Å². The summed E-state index contributed by atoms with van der Waals surface area (Å²) in [4.78, 5) is 41.3. The second kappa shape index (κ2) is 8.10. The van der Waals surface area contributed by atoms with E-state index >= 15 is 0 Å². The fraction of sp³-hybridized carbons (Fsp3) is 0.286. The number of aromatic nitrogens is 2. The monoisotopic (exact) mass is 414 g/mol. The van der Waals surface area contributed by atoms with Gasteiger partial charge in [-0.2, -0.15) is 0 Å². The maximum absolute atomic E-state index is 13.3. The lowest BCUT2D eigenvalue weighted by Gasteiger charge is -2.32. The summed E-state index contributed by atoms with van der Waals surface area (Å²) in [5, 5.41) is 2.44. The molecule has 1 fully saturated rings. The van der Waals surface area contributed by atoms with E-state index in [1.807, 2.05) is 24.3 Å². The summed E-state index contributed by atoms with van der Waals surface area (Å²) in [5.74, 6) is -3.08. The molecule has 1 aromatic heterocycles. The Hall–Kier alpha value is -3.49. The number of nitrogens with zero attached hydrogens (tertiary/aromatic N) is 2. The molecule has 30 heavy (non-hydrogen) atoms. The van der Waals surface area contributed by atoms with Crippen LogP contribution in [0.1, 0.15) is 29.2 Å². The molecule has 4 rings (SSSR count). The van der Waals surface area contributed by atoms with Crippen LogP contribution in [0.25, 0.3) is 11.0 Å². The lowest BCUT2D eigenvalue weighted by molar-refractivity contribution is -0.131. The van der Waals surface area contributed by atoms with Crippen LogP contribution in [0.2, 0.25) is 0 Å². The molecule has 1 saturated heterocycles. The van der Waals surface area contributed by atoms with E-state index in [0.717, 1.165) is 29.2 Å². The van der Waals surface area contributed by atoms with Crippen LogP contribution in [0.15, 0.2) is 47.3 Å². The maximum atomic E-state index is 13.3. The fourth-order valence-electron chi connectivity index (χ4n) is 3.82. The van der Waals surface area contributed by atoms with Crippen LogP contribution in [0.3, 0.4) is 0 Å². The van der Waals surface area contributed by atoms with E-state index in [4.69, 9.17) is 0 Å². The number of fused-ring (bicyclic) bond motifs is 1. The number of imidazole rings is 1. The van der Waals surface area contributed by atoms with E-state index in [1.165, 1.54) is 0 Å². The zero-order valence-corrected chi connectivity index (χ0v) is 16.0. The Kier molecular flexibility index (Phi) is 5.35. The molecule has 156 valence electrons. The van der Waals surface area contributed by atoms with Gasteiger partial charge in [0, 0.05) is 24.7 Å². The third-order valence-corrected chi connectivity index (χ3v) is 5.39. The highest BCUT2D eigenvalue weighted by Gasteiger charge is 2.26. The Morgan fingerprint density at radius 3 is 2.53 bits per heavy atom. The Morgan fingerprint density at radius 2 is 1.80 bits per heavy atom. The van der Waals surface area contributed by atoms with Crippen LogP contribution in [-0.2, 0) is 4.79 Å². The van der Waals surface area contributed by atoms with E-state index < -0.39 is 17.5 Å². The SMILES string of the molecule is O=C(NCC(=O)N1CCC(n2c(=O)[nH]c3ccccc32)CC1)c1ccc(F)c(F)c1. The summed E-state index contributed by atoms with van der Waals surface area (Å²) >= 11 is 0. The quantitative estimate of drug-likeness (QED) is 0.686. The van der Waals surface area contributed by atoms with Crippen molar-refractivity contribution in [2.75, 3.05) is 19.6 Å². The standard InChI is InChI=1S/C21H20F2N4O3/c22-15-6-5-13(11-16(15)23)20(29)24-12-19(28)26-9-7-14(8-10-26)27-18-4-2-1-3-17(18)25-21(27)30/h1-6,11,14H,7-10,12H2,(H,24,29)(H,25,30). The van der Waals surface area contributed by atoms with Crippen molar-refractivity contribution in [3.05, 3.63) is 70.1 Å². The molecule has 0 aliphatic carbocycles. The normalized spacial score (nSPS) is 14.8. The van der Waals surface area contributed by atoms with Gasteiger partial charge in [0.2, 0.25) is 5.91 Å². The molecule has 0 spiro atoms. The minimum Gasteiger partial charge on any atom is -0.343 e. The number of carbonyl (C=O) groups excluding carboxylic acids is 2. The third kappa shape index (κ3) is 3.83. The molecule has 1 aliphatic rings. The number of para-hydroxylation sites is 2. The number of benzene rings is 2. The number of carbonyl (C=O) groups is 2. The van der Waals surface area contributed by atoms with Crippen molar-refractivity contribution in [3.8, 4) is 0 Å². The first-order chi connectivity index (χ1) is 14.4. The average molecular weight is 414 g/mol. The number of halogens is 2. The summed E-state index contributed by atoms with van der Waals surface area (Å²) < 4.78 is 28.0. The first-order valence-corrected chi connectivity index (χ1v) is 9.64.